The van der Waals surface area contributed by atoms with Crippen LogP contribution in [0.1, 0.15) is 19.3 Å². The van der Waals surface area contributed by atoms with Crippen molar-refractivity contribution in [3.05, 3.63) is 32.8 Å². The molecule has 1 atom stereocenters. The molecule has 1 heterocycles. The van der Waals surface area contributed by atoms with E-state index >= 15 is 0 Å². The molecule has 20 heavy (non-hydrogen) atoms. The fourth-order valence-electron chi connectivity index (χ4n) is 2.27. The Morgan fingerprint density at radius 1 is 1.55 bits per heavy atom. The number of hydrogen-bond donors (Lipinski definition) is 2. The molecule has 1 unspecified atom stereocenters. The van der Waals surface area contributed by atoms with Crippen molar-refractivity contribution in [2.75, 3.05) is 18.4 Å². The summed E-state index contributed by atoms with van der Waals surface area (Å²) in [5, 5.41) is 16.8. The van der Waals surface area contributed by atoms with Crippen molar-refractivity contribution in [2.24, 2.45) is 5.92 Å². The smallest absolute Gasteiger partial charge is 0.293 e. The molecule has 0 aromatic heterocycles. The molecule has 7 heteroatoms. The Kier molecular flexibility index (Phi) is 5.08. The van der Waals surface area contributed by atoms with Gasteiger partial charge >= 0.3 is 0 Å². The van der Waals surface area contributed by atoms with Gasteiger partial charge in [-0.2, -0.15) is 0 Å². The van der Waals surface area contributed by atoms with E-state index in [1.165, 1.54) is 12.1 Å². The Morgan fingerprint density at radius 3 is 3.00 bits per heavy atom. The van der Waals surface area contributed by atoms with Crippen LogP contribution in [-0.4, -0.2) is 23.9 Å². The SMILES string of the molecule is O=C(CCC1CCNC1)Nc1ccc(Br)cc1[N+](=O)[O-]. The maximum absolute atomic E-state index is 11.9. The predicted molar refractivity (Wildman–Crippen MR) is 79.6 cm³/mol. The van der Waals surface area contributed by atoms with Crippen LogP contribution in [0.2, 0.25) is 0 Å². The number of hydrogen-bond acceptors (Lipinski definition) is 4. The third-order valence-electron chi connectivity index (χ3n) is 3.37. The lowest BCUT2D eigenvalue weighted by atomic mass is 10.0. The van der Waals surface area contributed by atoms with Crippen LogP contribution in [0, 0.1) is 16.0 Å². The second kappa shape index (κ2) is 6.81. The molecule has 1 amide bonds. The highest BCUT2D eigenvalue weighted by molar-refractivity contribution is 9.10. The third-order valence-corrected chi connectivity index (χ3v) is 3.87. The summed E-state index contributed by atoms with van der Waals surface area (Å²) in [5.74, 6) is 0.350. The Morgan fingerprint density at radius 2 is 2.35 bits per heavy atom. The zero-order chi connectivity index (χ0) is 14.5. The van der Waals surface area contributed by atoms with Gasteiger partial charge in [-0.1, -0.05) is 15.9 Å². The fraction of sp³-hybridized carbons (Fsp3) is 0.462. The van der Waals surface area contributed by atoms with Crippen LogP contribution in [-0.2, 0) is 4.79 Å². The Hall–Kier alpha value is -1.47. The summed E-state index contributed by atoms with van der Waals surface area (Å²) in [6, 6.07) is 4.59. The summed E-state index contributed by atoms with van der Waals surface area (Å²) in [7, 11) is 0. The molecule has 108 valence electrons. The van der Waals surface area contributed by atoms with Gasteiger partial charge < -0.3 is 10.6 Å². The summed E-state index contributed by atoms with van der Waals surface area (Å²) in [6.45, 7) is 1.95. The number of halogens is 1. The lowest BCUT2D eigenvalue weighted by molar-refractivity contribution is -0.384. The van der Waals surface area contributed by atoms with Crippen molar-refractivity contribution in [3.8, 4) is 0 Å². The summed E-state index contributed by atoms with van der Waals surface area (Å²) >= 11 is 3.18. The number of benzene rings is 1. The lowest BCUT2D eigenvalue weighted by Crippen LogP contribution is -2.15. The van der Waals surface area contributed by atoms with Crippen molar-refractivity contribution in [3.63, 3.8) is 0 Å². The van der Waals surface area contributed by atoms with Crippen molar-refractivity contribution in [1.82, 2.24) is 5.32 Å². The number of carbonyl (C=O) groups is 1. The highest BCUT2D eigenvalue weighted by Gasteiger charge is 2.18. The average Bonchev–Trinajstić information content (AvgIpc) is 2.91. The van der Waals surface area contributed by atoms with E-state index in [4.69, 9.17) is 0 Å². The molecule has 0 saturated carbocycles. The number of amides is 1. The average molecular weight is 342 g/mol. The van der Waals surface area contributed by atoms with Crippen LogP contribution in [0.3, 0.4) is 0 Å². The second-order valence-corrected chi connectivity index (χ2v) is 5.78. The first-order valence-corrected chi connectivity index (χ1v) is 7.30. The third kappa shape index (κ3) is 4.01. The second-order valence-electron chi connectivity index (χ2n) is 4.86. The number of nitro benzene ring substituents is 1. The number of rotatable bonds is 5. The van der Waals surface area contributed by atoms with Crippen molar-refractivity contribution in [1.29, 1.82) is 0 Å². The number of anilines is 1. The van der Waals surface area contributed by atoms with Gasteiger partial charge in [0.25, 0.3) is 5.69 Å². The molecule has 0 aliphatic carbocycles. The molecule has 1 aliphatic rings. The number of carbonyl (C=O) groups excluding carboxylic acids is 1. The summed E-state index contributed by atoms with van der Waals surface area (Å²) in [5.41, 5.74) is 0.142. The monoisotopic (exact) mass is 341 g/mol. The molecule has 1 fully saturated rings. The van der Waals surface area contributed by atoms with Gasteiger partial charge in [0.2, 0.25) is 5.91 Å². The molecular weight excluding hydrogens is 326 g/mol. The van der Waals surface area contributed by atoms with Crippen molar-refractivity contribution in [2.45, 2.75) is 19.3 Å². The quantitative estimate of drug-likeness (QED) is 0.636. The molecule has 2 N–H and O–H groups in total. The lowest BCUT2D eigenvalue weighted by Gasteiger charge is -2.09. The first kappa shape index (κ1) is 14.9. The van der Waals surface area contributed by atoms with Crippen molar-refractivity contribution < 1.29 is 9.72 Å². The first-order chi connectivity index (χ1) is 9.56. The zero-order valence-electron chi connectivity index (χ0n) is 10.9. The van der Waals surface area contributed by atoms with Crippen LogP contribution in [0.15, 0.2) is 22.7 Å². The summed E-state index contributed by atoms with van der Waals surface area (Å²) in [4.78, 5) is 22.3. The highest BCUT2D eigenvalue weighted by atomic mass is 79.9. The van der Waals surface area contributed by atoms with Crippen LogP contribution >= 0.6 is 15.9 Å². The Balaban J connectivity index is 1.94. The van der Waals surface area contributed by atoms with Gasteiger partial charge in [-0.05, 0) is 44.0 Å². The van der Waals surface area contributed by atoms with Gasteiger partial charge in [-0.3, -0.25) is 14.9 Å². The van der Waals surface area contributed by atoms with Crippen LogP contribution in [0.4, 0.5) is 11.4 Å². The number of nitrogens with zero attached hydrogens (tertiary/aromatic N) is 1. The van der Waals surface area contributed by atoms with E-state index in [0.717, 1.165) is 25.9 Å². The standard InChI is InChI=1S/C13H16BrN3O3/c14-10-2-3-11(12(7-10)17(19)20)16-13(18)4-1-9-5-6-15-8-9/h2-3,7,9,15H,1,4-6,8H2,(H,16,18). The fourth-order valence-corrected chi connectivity index (χ4v) is 2.62. The Bertz CT molecular complexity index is 516. The minimum absolute atomic E-state index is 0.102. The van der Waals surface area contributed by atoms with Gasteiger partial charge in [-0.15, -0.1) is 0 Å². The predicted octanol–water partition coefficient (Wildman–Crippen LogP) is 2.69. The highest BCUT2D eigenvalue weighted by Crippen LogP contribution is 2.28. The van der Waals surface area contributed by atoms with E-state index in [1.54, 1.807) is 6.07 Å². The summed E-state index contributed by atoms with van der Waals surface area (Å²) < 4.78 is 0.610. The minimum Gasteiger partial charge on any atom is -0.320 e. The van der Waals surface area contributed by atoms with Gasteiger partial charge in [0.1, 0.15) is 5.69 Å². The molecule has 6 nitrogen and oxygen atoms in total. The molecule has 1 aromatic carbocycles. The number of nitro groups is 1. The van der Waals surface area contributed by atoms with Crippen LogP contribution < -0.4 is 10.6 Å². The molecule has 1 aromatic rings. The van der Waals surface area contributed by atoms with Crippen LogP contribution in [0.25, 0.3) is 0 Å². The van der Waals surface area contributed by atoms with E-state index in [1.807, 2.05) is 0 Å². The topological polar surface area (TPSA) is 84.3 Å². The van der Waals surface area contributed by atoms with Gasteiger partial charge in [0, 0.05) is 17.0 Å². The van der Waals surface area contributed by atoms with E-state index < -0.39 is 4.92 Å². The zero-order valence-corrected chi connectivity index (χ0v) is 12.5. The van der Waals surface area contributed by atoms with E-state index in [2.05, 4.69) is 26.6 Å². The maximum atomic E-state index is 11.9. The molecule has 0 bridgehead atoms. The minimum atomic E-state index is -0.499. The maximum Gasteiger partial charge on any atom is 0.293 e. The molecule has 0 spiro atoms. The van der Waals surface area contributed by atoms with E-state index in [0.29, 0.717) is 16.8 Å². The van der Waals surface area contributed by atoms with Gasteiger partial charge in [-0.25, -0.2) is 0 Å². The van der Waals surface area contributed by atoms with Crippen molar-refractivity contribution >= 4 is 33.2 Å². The van der Waals surface area contributed by atoms with Gasteiger partial charge in [0.05, 0.1) is 4.92 Å². The molecule has 2 rings (SSSR count). The number of nitrogens with one attached hydrogen (secondary N) is 2. The molecule has 1 saturated heterocycles. The van der Waals surface area contributed by atoms with Crippen LogP contribution in [0.5, 0.6) is 0 Å². The summed E-state index contributed by atoms with van der Waals surface area (Å²) in [6.07, 6.45) is 2.29. The molecule has 1 aliphatic heterocycles. The van der Waals surface area contributed by atoms with E-state index in [9.17, 15) is 14.9 Å². The molecular formula is C13H16BrN3O3. The largest absolute Gasteiger partial charge is 0.320 e. The van der Waals surface area contributed by atoms with E-state index in [-0.39, 0.29) is 17.3 Å². The molecule has 0 radical (unpaired) electrons. The normalized spacial score (nSPS) is 17.9. The Labute approximate surface area is 125 Å². The van der Waals surface area contributed by atoms with Gasteiger partial charge in [0.15, 0.2) is 0 Å². The first-order valence-electron chi connectivity index (χ1n) is 6.51.